The maximum Gasteiger partial charge on any atom is 0.188 e. The Labute approximate surface area is 146 Å². The van der Waals surface area contributed by atoms with Crippen LogP contribution in [-0.2, 0) is 5.79 Å². The molecule has 3 N–H and O–H groups in total. The van der Waals surface area contributed by atoms with Crippen LogP contribution < -0.4 is 5.32 Å². The molecule has 3 heteroatoms. The van der Waals surface area contributed by atoms with Crippen molar-refractivity contribution in [3.8, 4) is 0 Å². The van der Waals surface area contributed by atoms with Gasteiger partial charge >= 0.3 is 0 Å². The van der Waals surface area contributed by atoms with Crippen LogP contribution in [0.15, 0.2) is 78.9 Å². The SMILES string of the molecule is CC(O)(O)c1ccc2c(ccc3ccccc32)c1Nc1ccccc1. The lowest BCUT2D eigenvalue weighted by Crippen LogP contribution is -2.21. The summed E-state index contributed by atoms with van der Waals surface area (Å²) in [5.41, 5.74) is 2.05. The average molecular weight is 329 g/mol. The molecule has 3 nitrogen and oxygen atoms in total. The highest BCUT2D eigenvalue weighted by atomic mass is 16.5. The maximum absolute atomic E-state index is 10.2. The van der Waals surface area contributed by atoms with E-state index in [1.807, 2.05) is 54.6 Å². The molecule has 0 spiro atoms. The third-order valence-corrected chi connectivity index (χ3v) is 4.48. The van der Waals surface area contributed by atoms with Crippen molar-refractivity contribution >= 4 is 32.9 Å². The molecule has 0 saturated carbocycles. The highest BCUT2D eigenvalue weighted by Gasteiger charge is 2.24. The first-order valence-electron chi connectivity index (χ1n) is 8.26. The van der Waals surface area contributed by atoms with E-state index in [-0.39, 0.29) is 0 Å². The molecule has 0 radical (unpaired) electrons. The van der Waals surface area contributed by atoms with Gasteiger partial charge in [-0.1, -0.05) is 66.7 Å². The van der Waals surface area contributed by atoms with Crippen LogP contribution in [0.1, 0.15) is 12.5 Å². The Hall–Kier alpha value is -2.88. The van der Waals surface area contributed by atoms with Crippen molar-refractivity contribution in [2.24, 2.45) is 0 Å². The van der Waals surface area contributed by atoms with Crippen LogP contribution in [0.25, 0.3) is 21.5 Å². The fourth-order valence-electron chi connectivity index (χ4n) is 3.28. The summed E-state index contributed by atoms with van der Waals surface area (Å²) in [5, 5.41) is 28.2. The van der Waals surface area contributed by atoms with Crippen molar-refractivity contribution in [1.29, 1.82) is 0 Å². The first-order valence-corrected chi connectivity index (χ1v) is 8.26. The molecule has 0 amide bonds. The van der Waals surface area contributed by atoms with E-state index in [4.69, 9.17) is 0 Å². The Bertz CT molecular complexity index is 1050. The zero-order valence-electron chi connectivity index (χ0n) is 13.9. The largest absolute Gasteiger partial charge is 0.362 e. The smallest absolute Gasteiger partial charge is 0.188 e. The summed E-state index contributed by atoms with van der Waals surface area (Å²) < 4.78 is 0. The van der Waals surface area contributed by atoms with Gasteiger partial charge in [0.1, 0.15) is 0 Å². The number of anilines is 2. The van der Waals surface area contributed by atoms with E-state index >= 15 is 0 Å². The van der Waals surface area contributed by atoms with Gasteiger partial charge in [-0.2, -0.15) is 0 Å². The first-order chi connectivity index (χ1) is 12.0. The predicted octanol–water partition coefficient (Wildman–Crippen LogP) is 4.89. The lowest BCUT2D eigenvalue weighted by Gasteiger charge is -2.23. The molecule has 0 fully saturated rings. The van der Waals surface area contributed by atoms with Crippen molar-refractivity contribution in [2.75, 3.05) is 5.32 Å². The summed E-state index contributed by atoms with van der Waals surface area (Å²) in [7, 11) is 0. The summed E-state index contributed by atoms with van der Waals surface area (Å²) in [6, 6.07) is 25.8. The monoisotopic (exact) mass is 329 g/mol. The van der Waals surface area contributed by atoms with Gasteiger partial charge in [0, 0.05) is 16.6 Å². The summed E-state index contributed by atoms with van der Waals surface area (Å²) in [6.45, 7) is 1.38. The van der Waals surface area contributed by atoms with E-state index in [1.54, 1.807) is 6.07 Å². The van der Waals surface area contributed by atoms with E-state index in [0.29, 0.717) is 11.3 Å². The quantitative estimate of drug-likeness (QED) is 0.370. The molecule has 0 atom stereocenters. The molecule has 4 aromatic carbocycles. The lowest BCUT2D eigenvalue weighted by atomic mass is 9.95. The molecule has 0 bridgehead atoms. The highest BCUT2D eigenvalue weighted by molar-refractivity contribution is 6.12. The number of rotatable bonds is 3. The fourth-order valence-corrected chi connectivity index (χ4v) is 3.28. The number of nitrogens with one attached hydrogen (secondary N) is 1. The van der Waals surface area contributed by atoms with Crippen LogP contribution in [0, 0.1) is 0 Å². The lowest BCUT2D eigenvalue weighted by molar-refractivity contribution is -0.152. The van der Waals surface area contributed by atoms with Crippen molar-refractivity contribution < 1.29 is 10.2 Å². The molecule has 25 heavy (non-hydrogen) atoms. The molecule has 0 aliphatic heterocycles. The fraction of sp³-hybridized carbons (Fsp3) is 0.0909. The van der Waals surface area contributed by atoms with Gasteiger partial charge in [0.25, 0.3) is 0 Å². The van der Waals surface area contributed by atoms with Crippen LogP contribution in [0.3, 0.4) is 0 Å². The van der Waals surface area contributed by atoms with Crippen molar-refractivity contribution in [3.05, 3.63) is 84.4 Å². The molecule has 4 aromatic rings. The molecule has 0 aliphatic rings. The molecule has 0 aromatic heterocycles. The van der Waals surface area contributed by atoms with Gasteiger partial charge in [0.2, 0.25) is 0 Å². The number of aliphatic hydroxyl groups is 2. The third kappa shape index (κ3) is 2.84. The second-order valence-corrected chi connectivity index (χ2v) is 6.38. The highest BCUT2D eigenvalue weighted by Crippen LogP contribution is 2.38. The molecule has 0 unspecified atom stereocenters. The Morgan fingerprint density at radius 1 is 0.680 bits per heavy atom. The minimum absolute atomic E-state index is 0.444. The van der Waals surface area contributed by atoms with Gasteiger partial charge in [-0.3, -0.25) is 0 Å². The van der Waals surface area contributed by atoms with Gasteiger partial charge in [-0.05, 0) is 35.2 Å². The van der Waals surface area contributed by atoms with Crippen LogP contribution in [-0.4, -0.2) is 10.2 Å². The number of hydrogen-bond acceptors (Lipinski definition) is 3. The van der Waals surface area contributed by atoms with Gasteiger partial charge in [0.15, 0.2) is 5.79 Å². The molecule has 124 valence electrons. The minimum atomic E-state index is -1.93. The first kappa shape index (κ1) is 15.6. The van der Waals surface area contributed by atoms with Crippen molar-refractivity contribution in [2.45, 2.75) is 12.7 Å². The van der Waals surface area contributed by atoms with E-state index in [0.717, 1.165) is 27.2 Å². The van der Waals surface area contributed by atoms with Crippen LogP contribution in [0.4, 0.5) is 11.4 Å². The van der Waals surface area contributed by atoms with Crippen LogP contribution in [0.2, 0.25) is 0 Å². The summed E-state index contributed by atoms with van der Waals surface area (Å²) >= 11 is 0. The van der Waals surface area contributed by atoms with Crippen LogP contribution >= 0.6 is 0 Å². The molecular weight excluding hydrogens is 310 g/mol. The normalized spacial score (nSPS) is 11.8. The molecular formula is C22H19NO2. The zero-order valence-corrected chi connectivity index (χ0v) is 13.9. The third-order valence-electron chi connectivity index (χ3n) is 4.48. The van der Waals surface area contributed by atoms with Gasteiger partial charge in [-0.25, -0.2) is 0 Å². The average Bonchev–Trinajstić information content (AvgIpc) is 2.61. The maximum atomic E-state index is 10.2. The summed E-state index contributed by atoms with van der Waals surface area (Å²) in [4.78, 5) is 0. The van der Waals surface area contributed by atoms with E-state index in [1.165, 1.54) is 6.92 Å². The van der Waals surface area contributed by atoms with Crippen LogP contribution in [0.5, 0.6) is 0 Å². The van der Waals surface area contributed by atoms with Crippen molar-refractivity contribution in [1.82, 2.24) is 0 Å². The Kier molecular flexibility index (Phi) is 3.68. The predicted molar refractivity (Wildman–Crippen MR) is 103 cm³/mol. The Morgan fingerprint density at radius 3 is 2.12 bits per heavy atom. The van der Waals surface area contributed by atoms with Gasteiger partial charge in [0.05, 0.1) is 5.69 Å². The van der Waals surface area contributed by atoms with E-state index in [9.17, 15) is 10.2 Å². The molecule has 0 heterocycles. The second-order valence-electron chi connectivity index (χ2n) is 6.38. The number of para-hydroxylation sites is 1. The standard InChI is InChI=1S/C22H19NO2/c1-22(24,25)20-14-13-18-17-10-6-5-7-15(17)11-12-19(18)21(20)23-16-8-3-2-4-9-16/h2-14,23-25H,1H3. The number of hydrogen-bond donors (Lipinski definition) is 3. The Balaban J connectivity index is 2.02. The van der Waals surface area contributed by atoms with E-state index < -0.39 is 5.79 Å². The topological polar surface area (TPSA) is 52.5 Å². The number of benzene rings is 4. The van der Waals surface area contributed by atoms with E-state index in [2.05, 4.69) is 23.5 Å². The van der Waals surface area contributed by atoms with Gasteiger partial charge < -0.3 is 15.5 Å². The minimum Gasteiger partial charge on any atom is -0.362 e. The number of fused-ring (bicyclic) bond motifs is 3. The summed E-state index contributed by atoms with van der Waals surface area (Å²) in [6.07, 6.45) is 0. The Morgan fingerprint density at radius 2 is 1.36 bits per heavy atom. The summed E-state index contributed by atoms with van der Waals surface area (Å²) in [5.74, 6) is -1.93. The molecule has 0 aliphatic carbocycles. The van der Waals surface area contributed by atoms with Gasteiger partial charge in [-0.15, -0.1) is 0 Å². The molecule has 0 saturated heterocycles. The van der Waals surface area contributed by atoms with Crippen molar-refractivity contribution in [3.63, 3.8) is 0 Å². The molecule has 4 rings (SSSR count). The zero-order chi connectivity index (χ0) is 17.4. The second kappa shape index (κ2) is 5.88.